The number of aromatic nitrogens is 4. The Hall–Kier alpha value is -6.66. The molecule has 0 spiro atoms. The molecule has 7 aromatic carbocycles. The molecule has 0 amide bonds. The van der Waals surface area contributed by atoms with Crippen LogP contribution in [0.4, 0.5) is 0 Å². The molecule has 10 aromatic rings. The summed E-state index contributed by atoms with van der Waals surface area (Å²) in [5, 5.41) is 6.50. The number of nitrogens with zero attached hydrogens (tertiary/aromatic N) is 4. The van der Waals surface area contributed by atoms with Gasteiger partial charge in [0.15, 0.2) is 23.1 Å². The van der Waals surface area contributed by atoms with E-state index in [0.29, 0.717) is 28.9 Å². The third-order valence-electron chi connectivity index (χ3n) is 8.91. The van der Waals surface area contributed by atoms with Gasteiger partial charge >= 0.3 is 0 Å². The van der Waals surface area contributed by atoms with Crippen molar-refractivity contribution >= 4 is 54.6 Å². The SMILES string of the molecule is c1ccc(-c2nc(-c3ccc4ccccc4c3)nc(-c3ccc4oc5cc6nc(-c7ccc8ccccc8c7)oc6cc5c4c3)n2)cc1. The molecule has 0 fully saturated rings. The van der Waals surface area contributed by atoms with Crippen molar-refractivity contribution in [2.45, 2.75) is 0 Å². The average molecular weight is 617 g/mol. The zero-order valence-electron chi connectivity index (χ0n) is 25.5. The molecule has 6 nitrogen and oxygen atoms in total. The Morgan fingerprint density at radius 1 is 0.333 bits per heavy atom. The Labute approximate surface area is 274 Å². The second-order valence-electron chi connectivity index (χ2n) is 11.9. The van der Waals surface area contributed by atoms with Crippen molar-refractivity contribution in [1.82, 2.24) is 19.9 Å². The number of hydrogen-bond donors (Lipinski definition) is 0. The van der Waals surface area contributed by atoms with Crippen molar-refractivity contribution in [1.29, 1.82) is 0 Å². The number of benzene rings is 7. The molecule has 6 heteroatoms. The highest BCUT2D eigenvalue weighted by Crippen LogP contribution is 2.36. The Kier molecular flexibility index (Phi) is 5.77. The first-order valence-corrected chi connectivity index (χ1v) is 15.8. The Morgan fingerprint density at radius 2 is 0.896 bits per heavy atom. The highest BCUT2D eigenvalue weighted by molar-refractivity contribution is 6.10. The van der Waals surface area contributed by atoms with Crippen LogP contribution >= 0.6 is 0 Å². The smallest absolute Gasteiger partial charge is 0.227 e. The van der Waals surface area contributed by atoms with Gasteiger partial charge < -0.3 is 8.83 Å². The molecular weight excluding hydrogens is 592 g/mol. The summed E-state index contributed by atoms with van der Waals surface area (Å²) in [4.78, 5) is 19.7. The molecular formula is C42H24N4O2. The highest BCUT2D eigenvalue weighted by atomic mass is 16.4. The summed E-state index contributed by atoms with van der Waals surface area (Å²) in [6.07, 6.45) is 0. The van der Waals surface area contributed by atoms with Gasteiger partial charge in [0, 0.05) is 39.1 Å². The van der Waals surface area contributed by atoms with Gasteiger partial charge in [-0.1, -0.05) is 97.1 Å². The first-order valence-electron chi connectivity index (χ1n) is 15.8. The quantitative estimate of drug-likeness (QED) is 0.196. The molecule has 0 N–H and O–H groups in total. The monoisotopic (exact) mass is 616 g/mol. The van der Waals surface area contributed by atoms with Crippen molar-refractivity contribution < 1.29 is 8.83 Å². The van der Waals surface area contributed by atoms with Crippen molar-refractivity contribution in [3.8, 4) is 45.6 Å². The summed E-state index contributed by atoms with van der Waals surface area (Å²) < 4.78 is 12.6. The summed E-state index contributed by atoms with van der Waals surface area (Å²) >= 11 is 0. The molecule has 0 aliphatic rings. The lowest BCUT2D eigenvalue weighted by atomic mass is 10.1. The van der Waals surface area contributed by atoms with Gasteiger partial charge in [-0.3, -0.25) is 0 Å². The van der Waals surface area contributed by atoms with E-state index in [1.807, 2.05) is 84.9 Å². The van der Waals surface area contributed by atoms with E-state index in [0.717, 1.165) is 60.5 Å². The minimum atomic E-state index is 0.577. The summed E-state index contributed by atoms with van der Waals surface area (Å²) in [7, 11) is 0. The Bertz CT molecular complexity index is 2850. The first kappa shape index (κ1) is 26.5. The normalized spacial score (nSPS) is 11.8. The van der Waals surface area contributed by atoms with E-state index in [1.165, 1.54) is 10.8 Å². The third kappa shape index (κ3) is 4.42. The number of furan rings is 1. The van der Waals surface area contributed by atoms with Gasteiger partial charge in [0.2, 0.25) is 5.89 Å². The molecule has 0 aliphatic carbocycles. The van der Waals surface area contributed by atoms with E-state index in [1.54, 1.807) is 0 Å². The van der Waals surface area contributed by atoms with E-state index >= 15 is 0 Å². The van der Waals surface area contributed by atoms with Crippen LogP contribution < -0.4 is 0 Å². The lowest BCUT2D eigenvalue weighted by molar-refractivity contribution is 0.620. The highest BCUT2D eigenvalue weighted by Gasteiger charge is 2.17. The van der Waals surface area contributed by atoms with E-state index in [4.69, 9.17) is 28.8 Å². The first-order chi connectivity index (χ1) is 23.7. The maximum atomic E-state index is 6.32. The van der Waals surface area contributed by atoms with Crippen LogP contribution in [0.1, 0.15) is 0 Å². The van der Waals surface area contributed by atoms with Gasteiger partial charge in [-0.25, -0.2) is 19.9 Å². The Morgan fingerprint density at radius 3 is 1.62 bits per heavy atom. The maximum Gasteiger partial charge on any atom is 0.227 e. The molecule has 224 valence electrons. The topological polar surface area (TPSA) is 77.8 Å². The number of fused-ring (bicyclic) bond motifs is 6. The lowest BCUT2D eigenvalue weighted by Gasteiger charge is -2.09. The van der Waals surface area contributed by atoms with E-state index in [-0.39, 0.29) is 0 Å². The van der Waals surface area contributed by atoms with Gasteiger partial charge in [0.1, 0.15) is 16.7 Å². The predicted molar refractivity (Wildman–Crippen MR) is 191 cm³/mol. The van der Waals surface area contributed by atoms with Crippen molar-refractivity contribution in [3.63, 3.8) is 0 Å². The van der Waals surface area contributed by atoms with Crippen LogP contribution in [0.2, 0.25) is 0 Å². The molecule has 10 rings (SSSR count). The molecule has 0 radical (unpaired) electrons. The van der Waals surface area contributed by atoms with E-state index in [2.05, 4.69) is 60.7 Å². The molecule has 0 atom stereocenters. The summed E-state index contributed by atoms with van der Waals surface area (Å²) in [6.45, 7) is 0. The van der Waals surface area contributed by atoms with Crippen molar-refractivity contribution in [2.24, 2.45) is 0 Å². The van der Waals surface area contributed by atoms with Crippen LogP contribution in [0.3, 0.4) is 0 Å². The number of oxazole rings is 1. The maximum absolute atomic E-state index is 6.32. The number of hydrogen-bond acceptors (Lipinski definition) is 6. The lowest BCUT2D eigenvalue weighted by Crippen LogP contribution is -2.00. The van der Waals surface area contributed by atoms with Crippen molar-refractivity contribution in [2.75, 3.05) is 0 Å². The van der Waals surface area contributed by atoms with Gasteiger partial charge in [-0.2, -0.15) is 0 Å². The summed E-state index contributed by atoms with van der Waals surface area (Å²) in [6, 6.07) is 49.2. The molecule has 3 aromatic heterocycles. The van der Waals surface area contributed by atoms with Crippen LogP contribution in [-0.4, -0.2) is 19.9 Å². The molecule has 0 saturated carbocycles. The fourth-order valence-corrected chi connectivity index (χ4v) is 6.46. The second-order valence-corrected chi connectivity index (χ2v) is 11.9. The molecule has 0 bridgehead atoms. The standard InChI is InChI=1S/C42H24N4O2/c1-2-10-27(11-3-1)39-44-40(30-16-14-25-8-4-6-12-28(25)20-30)46-41(45-39)31-18-19-36-33(22-31)34-23-38-35(24-37(34)47-36)43-42(48-38)32-17-15-26-9-5-7-13-29(26)21-32/h1-24H. The fourth-order valence-electron chi connectivity index (χ4n) is 6.46. The number of rotatable bonds is 4. The molecule has 0 aliphatic heterocycles. The van der Waals surface area contributed by atoms with Crippen LogP contribution in [0.25, 0.3) is 100 Å². The zero-order valence-corrected chi connectivity index (χ0v) is 25.5. The van der Waals surface area contributed by atoms with E-state index < -0.39 is 0 Å². The third-order valence-corrected chi connectivity index (χ3v) is 8.91. The van der Waals surface area contributed by atoms with Crippen molar-refractivity contribution in [3.05, 3.63) is 146 Å². The zero-order chi connectivity index (χ0) is 31.6. The predicted octanol–water partition coefficient (Wildman–Crippen LogP) is 10.9. The molecule has 0 saturated heterocycles. The molecule has 48 heavy (non-hydrogen) atoms. The summed E-state index contributed by atoms with van der Waals surface area (Å²) in [5.41, 5.74) is 6.60. The van der Waals surface area contributed by atoms with Crippen LogP contribution in [-0.2, 0) is 0 Å². The minimum absolute atomic E-state index is 0.577. The van der Waals surface area contributed by atoms with Crippen LogP contribution in [0.15, 0.2) is 154 Å². The average Bonchev–Trinajstić information content (AvgIpc) is 3.73. The minimum Gasteiger partial charge on any atom is -0.456 e. The van der Waals surface area contributed by atoms with Gasteiger partial charge in [-0.05, 0) is 64.0 Å². The summed E-state index contributed by atoms with van der Waals surface area (Å²) in [5.74, 6) is 2.40. The second kappa shape index (κ2) is 10.4. The fraction of sp³-hybridized carbons (Fsp3) is 0. The van der Waals surface area contributed by atoms with Gasteiger partial charge in [-0.15, -0.1) is 0 Å². The van der Waals surface area contributed by atoms with Gasteiger partial charge in [0.25, 0.3) is 0 Å². The largest absolute Gasteiger partial charge is 0.456 e. The van der Waals surface area contributed by atoms with Gasteiger partial charge in [0.05, 0.1) is 0 Å². The van der Waals surface area contributed by atoms with Crippen LogP contribution in [0.5, 0.6) is 0 Å². The van der Waals surface area contributed by atoms with Crippen LogP contribution in [0, 0.1) is 0 Å². The molecule has 3 heterocycles. The van der Waals surface area contributed by atoms with E-state index in [9.17, 15) is 0 Å². The Balaban J connectivity index is 1.11. The molecule has 0 unspecified atom stereocenters.